The Balaban J connectivity index is 1.82. The molecule has 5 heteroatoms. The first-order valence-corrected chi connectivity index (χ1v) is 7.74. The summed E-state index contributed by atoms with van der Waals surface area (Å²) in [4.78, 5) is 25.2. The van der Waals surface area contributed by atoms with Crippen LogP contribution < -0.4 is 10.7 Å². The summed E-state index contributed by atoms with van der Waals surface area (Å²) in [6.07, 6.45) is 2.53. The summed E-state index contributed by atoms with van der Waals surface area (Å²) >= 11 is 6.06. The van der Waals surface area contributed by atoms with Gasteiger partial charge in [0.1, 0.15) is 5.56 Å². The molecule has 3 aromatic rings. The number of aryl methyl sites for hydroxylation is 2. The lowest BCUT2D eigenvalue weighted by atomic mass is 10.1. The number of benzene rings is 2. The maximum atomic E-state index is 12.7. The highest BCUT2D eigenvalue weighted by molar-refractivity contribution is 6.33. The summed E-state index contributed by atoms with van der Waals surface area (Å²) in [5.41, 5.74) is 2.47. The van der Waals surface area contributed by atoms with E-state index in [1.54, 1.807) is 36.5 Å². The summed E-state index contributed by atoms with van der Waals surface area (Å²) in [5.74, 6) is -0.439. The standard InChI is InChI=1S/C18H13ClN2O2/c19-14-6-1-2-7-15(14)20-18(23)13-10-21-9-8-11-4-3-5-12(16(11)21)17(13)22/h1-7,10H,8-9H2,(H,20,23). The fraction of sp³-hybridized carbons (Fsp3) is 0.111. The molecule has 0 unspecified atom stereocenters. The zero-order valence-electron chi connectivity index (χ0n) is 12.2. The van der Waals surface area contributed by atoms with Crippen LogP contribution in [0.3, 0.4) is 0 Å². The minimum atomic E-state index is -0.439. The molecule has 2 heterocycles. The van der Waals surface area contributed by atoms with Gasteiger partial charge in [-0.15, -0.1) is 0 Å². The number of nitrogens with zero attached hydrogens (tertiary/aromatic N) is 1. The van der Waals surface area contributed by atoms with Crippen molar-refractivity contribution >= 4 is 34.1 Å². The highest BCUT2D eigenvalue weighted by Crippen LogP contribution is 2.25. The molecular formula is C18H13ClN2O2. The van der Waals surface area contributed by atoms with Gasteiger partial charge >= 0.3 is 0 Å². The van der Waals surface area contributed by atoms with Gasteiger partial charge in [-0.25, -0.2) is 0 Å². The molecule has 4 rings (SSSR count). The third-order valence-electron chi connectivity index (χ3n) is 4.17. The van der Waals surface area contributed by atoms with Gasteiger partial charge < -0.3 is 9.88 Å². The lowest BCUT2D eigenvalue weighted by Gasteiger charge is -2.10. The van der Waals surface area contributed by atoms with Crippen LogP contribution in [-0.2, 0) is 13.0 Å². The zero-order chi connectivity index (χ0) is 16.0. The first kappa shape index (κ1) is 14.0. The SMILES string of the molecule is O=C(Nc1ccccc1Cl)c1cn2c3c(cccc3c1=O)CC2. The Labute approximate surface area is 137 Å². The van der Waals surface area contributed by atoms with Crippen molar-refractivity contribution in [3.63, 3.8) is 0 Å². The zero-order valence-corrected chi connectivity index (χ0v) is 12.9. The number of para-hydroxylation sites is 2. The molecule has 1 aromatic heterocycles. The van der Waals surface area contributed by atoms with Crippen LogP contribution in [0.25, 0.3) is 10.9 Å². The number of rotatable bonds is 2. The first-order chi connectivity index (χ1) is 11.1. The molecule has 0 atom stereocenters. The van der Waals surface area contributed by atoms with E-state index >= 15 is 0 Å². The van der Waals surface area contributed by atoms with Crippen molar-refractivity contribution in [1.29, 1.82) is 0 Å². The molecule has 0 aliphatic carbocycles. The smallest absolute Gasteiger partial charge is 0.261 e. The Kier molecular flexibility index (Phi) is 3.20. The molecule has 0 spiro atoms. The summed E-state index contributed by atoms with van der Waals surface area (Å²) in [6, 6.07) is 12.6. The van der Waals surface area contributed by atoms with Crippen LogP contribution in [0.2, 0.25) is 5.02 Å². The van der Waals surface area contributed by atoms with Gasteiger partial charge in [0.25, 0.3) is 5.91 Å². The number of anilines is 1. The van der Waals surface area contributed by atoms with E-state index in [0.717, 1.165) is 24.0 Å². The third-order valence-corrected chi connectivity index (χ3v) is 4.50. The van der Waals surface area contributed by atoms with Gasteiger partial charge in [0.15, 0.2) is 0 Å². The van der Waals surface area contributed by atoms with Gasteiger partial charge in [0.2, 0.25) is 5.43 Å². The van der Waals surface area contributed by atoms with Crippen molar-refractivity contribution in [3.05, 3.63) is 75.0 Å². The van der Waals surface area contributed by atoms with E-state index in [9.17, 15) is 9.59 Å². The lowest BCUT2D eigenvalue weighted by Crippen LogP contribution is -2.23. The van der Waals surface area contributed by atoms with Crippen LogP contribution in [0.5, 0.6) is 0 Å². The minimum Gasteiger partial charge on any atom is -0.346 e. The van der Waals surface area contributed by atoms with Crippen LogP contribution in [-0.4, -0.2) is 10.5 Å². The van der Waals surface area contributed by atoms with E-state index in [2.05, 4.69) is 5.32 Å². The average Bonchev–Trinajstić information content (AvgIpc) is 2.97. The summed E-state index contributed by atoms with van der Waals surface area (Å²) in [6.45, 7) is 0.780. The molecule has 1 aliphatic rings. The quantitative estimate of drug-likeness (QED) is 0.784. The Bertz CT molecular complexity index is 1010. The second kappa shape index (κ2) is 5.25. The molecule has 23 heavy (non-hydrogen) atoms. The van der Waals surface area contributed by atoms with Crippen LogP contribution >= 0.6 is 11.6 Å². The average molecular weight is 325 g/mol. The Morgan fingerprint density at radius 3 is 2.78 bits per heavy atom. The molecule has 0 fully saturated rings. The molecule has 0 saturated carbocycles. The van der Waals surface area contributed by atoms with Crippen molar-refractivity contribution in [2.75, 3.05) is 5.32 Å². The van der Waals surface area contributed by atoms with Crippen molar-refractivity contribution in [2.45, 2.75) is 13.0 Å². The number of hydrogen-bond donors (Lipinski definition) is 1. The molecule has 0 saturated heterocycles. The summed E-state index contributed by atoms with van der Waals surface area (Å²) in [5, 5.41) is 3.74. The number of nitrogens with one attached hydrogen (secondary N) is 1. The van der Waals surface area contributed by atoms with E-state index in [1.807, 2.05) is 16.7 Å². The van der Waals surface area contributed by atoms with E-state index < -0.39 is 5.91 Å². The molecule has 2 aromatic carbocycles. The normalized spacial score (nSPS) is 12.6. The van der Waals surface area contributed by atoms with E-state index in [4.69, 9.17) is 11.6 Å². The first-order valence-electron chi connectivity index (χ1n) is 7.36. The monoisotopic (exact) mass is 324 g/mol. The van der Waals surface area contributed by atoms with Gasteiger partial charge in [-0.3, -0.25) is 9.59 Å². The Morgan fingerprint density at radius 2 is 1.96 bits per heavy atom. The molecule has 0 radical (unpaired) electrons. The Morgan fingerprint density at radius 1 is 1.13 bits per heavy atom. The Hall–Kier alpha value is -2.59. The van der Waals surface area contributed by atoms with E-state index in [0.29, 0.717) is 16.1 Å². The predicted octanol–water partition coefficient (Wildman–Crippen LogP) is 3.46. The molecule has 0 bridgehead atoms. The number of amides is 1. The molecular weight excluding hydrogens is 312 g/mol. The van der Waals surface area contributed by atoms with Gasteiger partial charge in [-0.2, -0.15) is 0 Å². The number of halogens is 1. The highest BCUT2D eigenvalue weighted by atomic mass is 35.5. The number of carbonyl (C=O) groups excluding carboxylic acids is 1. The van der Waals surface area contributed by atoms with Gasteiger partial charge in [0, 0.05) is 18.1 Å². The second-order valence-electron chi connectivity index (χ2n) is 5.56. The number of carbonyl (C=O) groups is 1. The molecule has 1 amide bonds. The second-order valence-corrected chi connectivity index (χ2v) is 5.97. The van der Waals surface area contributed by atoms with Crippen LogP contribution in [0.1, 0.15) is 15.9 Å². The van der Waals surface area contributed by atoms with Crippen molar-refractivity contribution in [2.24, 2.45) is 0 Å². The molecule has 4 nitrogen and oxygen atoms in total. The minimum absolute atomic E-state index is 0.136. The number of aromatic nitrogens is 1. The molecule has 114 valence electrons. The van der Waals surface area contributed by atoms with Crippen LogP contribution in [0.15, 0.2) is 53.5 Å². The summed E-state index contributed by atoms with van der Waals surface area (Å²) < 4.78 is 1.98. The van der Waals surface area contributed by atoms with Crippen molar-refractivity contribution in [3.8, 4) is 0 Å². The van der Waals surface area contributed by atoms with Crippen LogP contribution in [0, 0.1) is 0 Å². The number of hydrogen-bond acceptors (Lipinski definition) is 2. The van der Waals surface area contributed by atoms with Gasteiger partial charge in [0.05, 0.1) is 16.2 Å². The fourth-order valence-electron chi connectivity index (χ4n) is 3.07. The van der Waals surface area contributed by atoms with Crippen molar-refractivity contribution in [1.82, 2.24) is 4.57 Å². The predicted molar refractivity (Wildman–Crippen MR) is 91.3 cm³/mol. The molecule has 1 aliphatic heterocycles. The van der Waals surface area contributed by atoms with Crippen molar-refractivity contribution < 1.29 is 4.79 Å². The summed E-state index contributed by atoms with van der Waals surface area (Å²) in [7, 11) is 0. The lowest BCUT2D eigenvalue weighted by molar-refractivity contribution is 0.102. The largest absolute Gasteiger partial charge is 0.346 e. The molecule has 1 N–H and O–H groups in total. The van der Waals surface area contributed by atoms with E-state index in [1.165, 1.54) is 0 Å². The topological polar surface area (TPSA) is 51.1 Å². The fourth-order valence-corrected chi connectivity index (χ4v) is 3.25. The maximum Gasteiger partial charge on any atom is 0.261 e. The van der Waals surface area contributed by atoms with Crippen LogP contribution in [0.4, 0.5) is 5.69 Å². The van der Waals surface area contributed by atoms with Gasteiger partial charge in [-0.05, 0) is 30.2 Å². The highest BCUT2D eigenvalue weighted by Gasteiger charge is 2.20. The number of pyridine rings is 1. The van der Waals surface area contributed by atoms with Gasteiger partial charge in [-0.1, -0.05) is 35.9 Å². The third kappa shape index (κ3) is 2.23. The maximum absolute atomic E-state index is 12.7. The van der Waals surface area contributed by atoms with E-state index in [-0.39, 0.29) is 11.0 Å².